The molecule has 142 valence electrons. The first-order valence-corrected chi connectivity index (χ1v) is 9.80. The number of nitrogens with one attached hydrogen (secondary N) is 1. The van der Waals surface area contributed by atoms with Crippen molar-refractivity contribution in [3.8, 4) is 6.07 Å². The van der Waals surface area contributed by atoms with E-state index < -0.39 is 0 Å². The number of hydrogen-bond donors (Lipinski definition) is 1. The predicted octanol–water partition coefficient (Wildman–Crippen LogP) is 5.69. The molecule has 0 aromatic heterocycles. The second-order valence-electron chi connectivity index (χ2n) is 7.12. The van der Waals surface area contributed by atoms with Crippen molar-refractivity contribution in [3.63, 3.8) is 0 Å². The lowest BCUT2D eigenvalue weighted by Crippen LogP contribution is -2.28. The fourth-order valence-corrected chi connectivity index (χ4v) is 3.66. The fraction of sp³-hybridized carbons (Fsp3) is 0.115. The molecule has 0 amide bonds. The molecule has 1 heterocycles. The third-order valence-corrected chi connectivity index (χ3v) is 5.10. The maximum atomic E-state index is 10.0. The predicted molar refractivity (Wildman–Crippen MR) is 118 cm³/mol. The third-order valence-electron chi connectivity index (χ3n) is 5.10. The second-order valence-corrected chi connectivity index (χ2v) is 7.12. The Morgan fingerprint density at radius 2 is 1.45 bits per heavy atom. The van der Waals surface area contributed by atoms with Gasteiger partial charge in [0.1, 0.15) is 0 Å². The van der Waals surface area contributed by atoms with Crippen LogP contribution in [0.2, 0.25) is 0 Å². The molecule has 3 aromatic rings. The number of rotatable bonds is 5. The van der Waals surface area contributed by atoms with E-state index in [-0.39, 0.29) is 12.0 Å². The molecule has 0 bridgehead atoms. The summed E-state index contributed by atoms with van der Waals surface area (Å²) in [6.45, 7) is 0.724. The fourth-order valence-electron chi connectivity index (χ4n) is 3.66. The zero-order valence-corrected chi connectivity index (χ0v) is 16.1. The van der Waals surface area contributed by atoms with E-state index in [4.69, 9.17) is 0 Å². The van der Waals surface area contributed by atoms with Gasteiger partial charge in [-0.3, -0.25) is 0 Å². The van der Waals surface area contributed by atoms with Crippen LogP contribution in [0.15, 0.2) is 115 Å². The van der Waals surface area contributed by atoms with E-state index in [1.54, 1.807) is 0 Å². The van der Waals surface area contributed by atoms with E-state index in [9.17, 15) is 5.26 Å². The summed E-state index contributed by atoms with van der Waals surface area (Å²) < 4.78 is 0. The van der Waals surface area contributed by atoms with Crippen molar-refractivity contribution in [2.45, 2.75) is 18.5 Å². The third kappa shape index (κ3) is 4.56. The number of nitriles is 1. The molecule has 2 atom stereocenters. The molecular formula is C26H23N3. The maximum absolute atomic E-state index is 10.0. The maximum Gasteiger partial charge on any atom is 0.0984 e. The van der Waals surface area contributed by atoms with E-state index in [0.29, 0.717) is 5.57 Å². The Balaban J connectivity index is 1.71. The molecule has 0 unspecified atom stereocenters. The molecule has 3 aromatic carbocycles. The Labute approximate surface area is 172 Å². The molecule has 3 heteroatoms. The Hall–Kier alpha value is -3.77. The van der Waals surface area contributed by atoms with Gasteiger partial charge in [-0.05, 0) is 23.3 Å². The highest BCUT2D eigenvalue weighted by atomic mass is 15.1. The average molecular weight is 377 g/mol. The molecule has 3 nitrogen and oxygen atoms in total. The van der Waals surface area contributed by atoms with Crippen molar-refractivity contribution in [2.75, 3.05) is 5.32 Å². The van der Waals surface area contributed by atoms with Crippen LogP contribution in [0.3, 0.4) is 0 Å². The van der Waals surface area contributed by atoms with Gasteiger partial charge in [-0.25, -0.2) is 0 Å². The Morgan fingerprint density at radius 1 is 0.828 bits per heavy atom. The van der Waals surface area contributed by atoms with Crippen molar-refractivity contribution in [2.24, 2.45) is 0 Å². The first-order chi connectivity index (χ1) is 14.3. The number of hydrogen-bond acceptors (Lipinski definition) is 3. The van der Waals surface area contributed by atoms with Crippen LogP contribution in [0, 0.1) is 11.3 Å². The summed E-state index contributed by atoms with van der Waals surface area (Å²) in [5.41, 5.74) is 4.10. The highest BCUT2D eigenvalue weighted by Gasteiger charge is 2.27. The Kier molecular flexibility index (Phi) is 5.73. The Morgan fingerprint density at radius 3 is 2.10 bits per heavy atom. The molecule has 1 aliphatic rings. The highest BCUT2D eigenvalue weighted by Crippen LogP contribution is 2.31. The molecule has 29 heavy (non-hydrogen) atoms. The lowest BCUT2D eigenvalue weighted by molar-refractivity contribution is 0.499. The van der Waals surface area contributed by atoms with Crippen molar-refractivity contribution in [1.82, 2.24) is 4.90 Å². The van der Waals surface area contributed by atoms with Crippen LogP contribution in [-0.2, 0) is 6.54 Å². The quantitative estimate of drug-likeness (QED) is 0.621. The molecule has 0 saturated carbocycles. The summed E-state index contributed by atoms with van der Waals surface area (Å²) in [4.78, 5) is 2.09. The van der Waals surface area contributed by atoms with Gasteiger partial charge < -0.3 is 10.2 Å². The van der Waals surface area contributed by atoms with Crippen LogP contribution in [0.4, 0.5) is 5.69 Å². The molecular weight excluding hydrogens is 354 g/mol. The minimum absolute atomic E-state index is 0.0445. The van der Waals surface area contributed by atoms with E-state index in [1.165, 1.54) is 11.1 Å². The van der Waals surface area contributed by atoms with Crippen molar-refractivity contribution < 1.29 is 0 Å². The lowest BCUT2D eigenvalue weighted by atomic mass is 9.87. The van der Waals surface area contributed by atoms with Crippen LogP contribution in [-0.4, -0.2) is 10.9 Å². The largest absolute Gasteiger partial charge is 0.377 e. The summed E-state index contributed by atoms with van der Waals surface area (Å²) in [5, 5.41) is 13.6. The minimum atomic E-state index is -0.151. The number of para-hydroxylation sites is 1. The monoisotopic (exact) mass is 377 g/mol. The highest BCUT2D eigenvalue weighted by molar-refractivity contribution is 5.51. The van der Waals surface area contributed by atoms with Gasteiger partial charge in [0.2, 0.25) is 0 Å². The number of nitrogens with zero attached hydrogens (tertiary/aromatic N) is 2. The van der Waals surface area contributed by atoms with Gasteiger partial charge in [0, 0.05) is 30.5 Å². The average Bonchev–Trinajstić information content (AvgIpc) is 2.95. The van der Waals surface area contributed by atoms with Crippen molar-refractivity contribution in [1.29, 1.82) is 5.26 Å². The smallest absolute Gasteiger partial charge is 0.0984 e. The van der Waals surface area contributed by atoms with Gasteiger partial charge in [-0.15, -0.1) is 0 Å². The summed E-state index contributed by atoms with van der Waals surface area (Å²) in [7, 11) is 0. The van der Waals surface area contributed by atoms with Gasteiger partial charge >= 0.3 is 0 Å². The van der Waals surface area contributed by atoms with Crippen LogP contribution >= 0.6 is 0 Å². The first kappa shape index (κ1) is 18.6. The zero-order valence-electron chi connectivity index (χ0n) is 16.1. The van der Waals surface area contributed by atoms with E-state index in [2.05, 4.69) is 52.8 Å². The minimum Gasteiger partial charge on any atom is -0.377 e. The molecule has 0 spiro atoms. The molecule has 4 rings (SSSR count). The second kappa shape index (κ2) is 8.95. The molecule has 0 fully saturated rings. The van der Waals surface area contributed by atoms with Crippen molar-refractivity contribution >= 4 is 5.69 Å². The van der Waals surface area contributed by atoms with E-state index in [1.807, 2.05) is 72.9 Å². The summed E-state index contributed by atoms with van der Waals surface area (Å²) in [5.74, 6) is 0.0445. The summed E-state index contributed by atoms with van der Waals surface area (Å²) in [6, 6.07) is 33.0. The van der Waals surface area contributed by atoms with Crippen LogP contribution in [0.5, 0.6) is 0 Å². The first-order valence-electron chi connectivity index (χ1n) is 9.80. The topological polar surface area (TPSA) is 39.1 Å². The standard InChI is InChI=1S/C26H23N3/c27-18-23-20-29(19-21-10-4-1-5-11-21)17-16-25(22-12-6-2-7-13-22)26(23)28-24-14-8-3-9-15-24/h1-17,20,25-26,28H,19H2/t25-,26-/m1/s1. The molecule has 1 N–H and O–H groups in total. The van der Waals surface area contributed by atoms with Gasteiger partial charge in [-0.1, -0.05) is 84.9 Å². The number of anilines is 1. The van der Waals surface area contributed by atoms with Crippen LogP contribution < -0.4 is 5.32 Å². The van der Waals surface area contributed by atoms with Gasteiger partial charge in [0.05, 0.1) is 17.7 Å². The lowest BCUT2D eigenvalue weighted by Gasteiger charge is -2.26. The molecule has 0 aliphatic carbocycles. The normalized spacial score (nSPS) is 18.4. The molecule has 0 radical (unpaired) electrons. The van der Waals surface area contributed by atoms with Crippen LogP contribution in [0.1, 0.15) is 17.0 Å². The van der Waals surface area contributed by atoms with Gasteiger partial charge in [0.15, 0.2) is 0 Å². The van der Waals surface area contributed by atoms with E-state index in [0.717, 1.165) is 12.2 Å². The number of benzene rings is 3. The molecule has 1 aliphatic heterocycles. The summed E-state index contributed by atoms with van der Waals surface area (Å²) >= 11 is 0. The van der Waals surface area contributed by atoms with Gasteiger partial charge in [0.25, 0.3) is 0 Å². The molecule has 0 saturated heterocycles. The van der Waals surface area contributed by atoms with Crippen molar-refractivity contribution in [3.05, 3.63) is 126 Å². The van der Waals surface area contributed by atoms with E-state index >= 15 is 0 Å². The van der Waals surface area contributed by atoms with Gasteiger partial charge in [-0.2, -0.15) is 5.26 Å². The Bertz CT molecular complexity index is 1020. The zero-order chi connectivity index (χ0) is 19.9. The van der Waals surface area contributed by atoms with Crippen LogP contribution in [0.25, 0.3) is 0 Å². The summed E-state index contributed by atoms with van der Waals surface area (Å²) in [6.07, 6.45) is 6.25. The SMILES string of the molecule is N#CC1=CN(Cc2ccccc2)C=C[C@H](c2ccccc2)[C@@H]1Nc1ccccc1.